The van der Waals surface area contributed by atoms with E-state index in [-0.39, 0.29) is 36.0 Å². The Morgan fingerprint density at radius 3 is 2.08 bits per heavy atom. The zero-order chi connectivity index (χ0) is 29.1. The fourth-order valence-electron chi connectivity index (χ4n) is 4.36. The number of aliphatic hydroxyl groups excluding tert-OH is 2. The number of hydrogen-bond donors (Lipinski definition) is 3. The van der Waals surface area contributed by atoms with Crippen molar-refractivity contribution in [1.82, 2.24) is 10.2 Å². The minimum absolute atomic E-state index is 0.152. The fourth-order valence-corrected chi connectivity index (χ4v) is 4.36. The van der Waals surface area contributed by atoms with Crippen LogP contribution in [0.5, 0.6) is 0 Å². The molecule has 3 N–H and O–H groups in total. The predicted octanol–water partition coefficient (Wildman–Crippen LogP) is 4.27. The second kappa shape index (κ2) is 15.6. The van der Waals surface area contributed by atoms with E-state index < -0.39 is 35.8 Å². The minimum atomic E-state index is -1.50. The van der Waals surface area contributed by atoms with E-state index in [0.717, 1.165) is 31.0 Å². The summed E-state index contributed by atoms with van der Waals surface area (Å²) in [6, 6.07) is 6.67. The first-order valence-electron chi connectivity index (χ1n) is 13.6. The molecule has 0 aliphatic rings. The predicted molar refractivity (Wildman–Crippen MR) is 147 cm³/mol. The number of carbonyl (C=O) groups excluding carboxylic acids is 2. The number of aliphatic hydroxyl groups is 2. The average molecular weight is 549 g/mol. The molecular weight excluding hydrogens is 506 g/mol. The lowest BCUT2D eigenvalue weighted by atomic mass is 9.96. The molecule has 0 aromatic heterocycles. The Bertz CT molecular complexity index is 1070. The molecule has 2 aromatic carbocycles. The number of carbonyl (C=O) groups is 2. The summed E-state index contributed by atoms with van der Waals surface area (Å²) in [4.78, 5) is 28.3. The monoisotopic (exact) mass is 548 g/mol. The van der Waals surface area contributed by atoms with E-state index in [2.05, 4.69) is 5.32 Å². The zero-order valence-corrected chi connectivity index (χ0v) is 23.5. The molecule has 7 nitrogen and oxygen atoms in total. The van der Waals surface area contributed by atoms with Gasteiger partial charge in [-0.05, 0) is 73.6 Å². The second-order valence-corrected chi connectivity index (χ2v) is 10.4. The summed E-state index contributed by atoms with van der Waals surface area (Å²) in [5, 5.41) is 24.2. The molecule has 0 saturated carbocycles. The normalized spacial score (nSPS) is 13.7. The highest BCUT2D eigenvalue weighted by atomic mass is 19.1. The van der Waals surface area contributed by atoms with Gasteiger partial charge in [0.1, 0.15) is 23.8 Å². The van der Waals surface area contributed by atoms with Crippen molar-refractivity contribution in [3.8, 4) is 0 Å². The molecule has 0 bridgehead atoms. The molecule has 2 amide bonds. The van der Waals surface area contributed by atoms with Gasteiger partial charge in [-0.1, -0.05) is 27.7 Å². The van der Waals surface area contributed by atoms with Crippen LogP contribution in [0.1, 0.15) is 72.4 Å². The van der Waals surface area contributed by atoms with Crippen LogP contribution < -0.4 is 5.32 Å². The lowest BCUT2D eigenvalue weighted by molar-refractivity contribution is -0.0544. The van der Waals surface area contributed by atoms with Gasteiger partial charge >= 0.3 is 0 Å². The molecule has 0 heterocycles. The number of amides is 2. The van der Waals surface area contributed by atoms with Gasteiger partial charge in [0.15, 0.2) is 0 Å². The van der Waals surface area contributed by atoms with Crippen molar-refractivity contribution in [1.29, 1.82) is 0 Å². The molecule has 0 fully saturated rings. The van der Waals surface area contributed by atoms with Crippen molar-refractivity contribution < 1.29 is 33.3 Å². The molecule has 2 rings (SSSR count). The Labute approximate surface area is 230 Å². The van der Waals surface area contributed by atoms with Gasteiger partial charge in [0.05, 0.1) is 12.6 Å². The summed E-state index contributed by atoms with van der Waals surface area (Å²) in [5.41, 5.74) is 1.46. The van der Waals surface area contributed by atoms with Gasteiger partial charge in [-0.3, -0.25) is 9.59 Å². The Kier molecular flexibility index (Phi) is 13.0. The molecule has 9 heteroatoms. The first-order chi connectivity index (χ1) is 18.4. The molecule has 0 aliphatic carbocycles. The standard InChI is InChI=1S/C30H42F2N2O5/c1-6-8-34(9-7-2)30(38)23-11-20(5)10-22(15-23)29(37)33-26(14-21-12-24(31)16-25(32)13-21)28(36)27(35)18-39-17-19(3)4/h10-13,15-16,19,26-28,35-36H,6-9,14,17-18H2,1-5H3,(H,33,37)/t26?,27?,28-/m1/s1. The van der Waals surface area contributed by atoms with Crippen molar-refractivity contribution in [3.05, 3.63) is 70.3 Å². The van der Waals surface area contributed by atoms with E-state index in [1.54, 1.807) is 24.0 Å². The molecular formula is C30H42F2N2O5. The first-order valence-corrected chi connectivity index (χ1v) is 13.6. The summed E-state index contributed by atoms with van der Waals surface area (Å²) in [7, 11) is 0. The Balaban J connectivity index is 2.32. The molecule has 0 aliphatic heterocycles. The van der Waals surface area contributed by atoms with Crippen molar-refractivity contribution in [2.24, 2.45) is 5.92 Å². The highest BCUT2D eigenvalue weighted by Gasteiger charge is 2.29. The van der Waals surface area contributed by atoms with Crippen LogP contribution in [0.15, 0.2) is 36.4 Å². The topological polar surface area (TPSA) is 99.1 Å². The van der Waals surface area contributed by atoms with Crippen LogP contribution in [-0.4, -0.2) is 71.5 Å². The van der Waals surface area contributed by atoms with Crippen molar-refractivity contribution in [2.75, 3.05) is 26.3 Å². The first kappa shape index (κ1) is 32.3. The Morgan fingerprint density at radius 2 is 1.51 bits per heavy atom. The maximum absolute atomic E-state index is 13.9. The summed E-state index contributed by atoms with van der Waals surface area (Å²) >= 11 is 0. The van der Waals surface area contributed by atoms with Crippen molar-refractivity contribution in [2.45, 2.75) is 72.1 Å². The number of hydrogen-bond acceptors (Lipinski definition) is 5. The van der Waals surface area contributed by atoms with Crippen molar-refractivity contribution in [3.63, 3.8) is 0 Å². The molecule has 39 heavy (non-hydrogen) atoms. The summed E-state index contributed by atoms with van der Waals surface area (Å²) in [6.07, 6.45) is -1.41. The SMILES string of the molecule is CCCN(CCC)C(=O)c1cc(C)cc(C(=O)NC(Cc2cc(F)cc(F)c2)[C@@H](O)C(O)COCC(C)C)c1. The van der Waals surface area contributed by atoms with Crippen LogP contribution in [0.4, 0.5) is 8.78 Å². The summed E-state index contributed by atoms with van der Waals surface area (Å²) < 4.78 is 33.1. The Hall–Kier alpha value is -2.88. The molecule has 2 unspecified atom stereocenters. The van der Waals surface area contributed by atoms with Gasteiger partial charge in [0, 0.05) is 36.9 Å². The highest BCUT2D eigenvalue weighted by Crippen LogP contribution is 2.17. The number of benzene rings is 2. The van der Waals surface area contributed by atoms with E-state index in [9.17, 15) is 28.6 Å². The number of nitrogens with zero attached hydrogens (tertiary/aromatic N) is 1. The average Bonchev–Trinajstić information content (AvgIpc) is 2.86. The fraction of sp³-hybridized carbons (Fsp3) is 0.533. The van der Waals surface area contributed by atoms with Crippen LogP contribution in [-0.2, 0) is 11.2 Å². The quantitative estimate of drug-likeness (QED) is 0.309. The third-order valence-corrected chi connectivity index (χ3v) is 6.10. The van der Waals surface area contributed by atoms with Crippen LogP contribution in [0.3, 0.4) is 0 Å². The van der Waals surface area contributed by atoms with Crippen LogP contribution in [0.25, 0.3) is 0 Å². The lowest BCUT2D eigenvalue weighted by Crippen LogP contribution is -2.51. The van der Waals surface area contributed by atoms with E-state index in [1.807, 2.05) is 27.7 Å². The zero-order valence-electron chi connectivity index (χ0n) is 23.5. The maximum atomic E-state index is 13.9. The second-order valence-electron chi connectivity index (χ2n) is 10.4. The summed E-state index contributed by atoms with van der Waals surface area (Å²) in [6.45, 7) is 11.0. The highest BCUT2D eigenvalue weighted by molar-refractivity contribution is 6.00. The third-order valence-electron chi connectivity index (χ3n) is 6.10. The van der Waals surface area contributed by atoms with E-state index in [1.165, 1.54) is 6.07 Å². The number of rotatable bonds is 15. The van der Waals surface area contributed by atoms with E-state index in [0.29, 0.717) is 30.8 Å². The van der Waals surface area contributed by atoms with Crippen LogP contribution >= 0.6 is 0 Å². The van der Waals surface area contributed by atoms with Gasteiger partial charge < -0.3 is 25.2 Å². The van der Waals surface area contributed by atoms with E-state index in [4.69, 9.17) is 4.74 Å². The molecule has 0 saturated heterocycles. The van der Waals surface area contributed by atoms with Gasteiger partial charge in [-0.2, -0.15) is 0 Å². The molecule has 216 valence electrons. The number of halogens is 2. The maximum Gasteiger partial charge on any atom is 0.253 e. The summed E-state index contributed by atoms with van der Waals surface area (Å²) in [5.74, 6) is -2.15. The lowest BCUT2D eigenvalue weighted by Gasteiger charge is -2.28. The molecule has 3 atom stereocenters. The molecule has 0 radical (unpaired) electrons. The number of ether oxygens (including phenoxy) is 1. The molecule has 2 aromatic rings. The minimum Gasteiger partial charge on any atom is -0.388 e. The van der Waals surface area contributed by atoms with Gasteiger partial charge in [-0.15, -0.1) is 0 Å². The smallest absolute Gasteiger partial charge is 0.253 e. The van der Waals surface area contributed by atoms with Gasteiger partial charge in [0.25, 0.3) is 11.8 Å². The van der Waals surface area contributed by atoms with E-state index >= 15 is 0 Å². The number of aryl methyl sites for hydroxylation is 1. The number of nitrogens with one attached hydrogen (secondary N) is 1. The van der Waals surface area contributed by atoms with Crippen molar-refractivity contribution >= 4 is 11.8 Å². The third kappa shape index (κ3) is 10.3. The van der Waals surface area contributed by atoms with Crippen LogP contribution in [0.2, 0.25) is 0 Å². The van der Waals surface area contributed by atoms with Gasteiger partial charge in [-0.25, -0.2) is 8.78 Å². The largest absolute Gasteiger partial charge is 0.388 e. The Morgan fingerprint density at radius 1 is 0.923 bits per heavy atom. The van der Waals surface area contributed by atoms with Crippen LogP contribution in [0, 0.1) is 24.5 Å². The molecule has 0 spiro atoms. The van der Waals surface area contributed by atoms with Gasteiger partial charge in [0.2, 0.25) is 0 Å².